The zero-order valence-corrected chi connectivity index (χ0v) is 16.4. The minimum absolute atomic E-state index is 0.777. The predicted octanol–water partition coefficient (Wildman–Crippen LogP) is 6.00. The van der Waals surface area contributed by atoms with Crippen LogP contribution in [0.4, 0.5) is 10.3 Å². The van der Waals surface area contributed by atoms with Crippen LogP contribution < -0.4 is 4.90 Å². The van der Waals surface area contributed by atoms with Gasteiger partial charge in [-0.25, -0.2) is 15.0 Å². The van der Waals surface area contributed by atoms with E-state index in [1.807, 2.05) is 24.3 Å². The van der Waals surface area contributed by atoms with Crippen LogP contribution in [0, 0.1) is 0 Å². The molecule has 0 saturated heterocycles. The van der Waals surface area contributed by atoms with E-state index in [9.17, 15) is 0 Å². The Morgan fingerprint density at radius 2 is 1.43 bits per heavy atom. The van der Waals surface area contributed by atoms with Crippen molar-refractivity contribution in [3.63, 3.8) is 0 Å². The molecule has 4 nitrogen and oxygen atoms in total. The summed E-state index contributed by atoms with van der Waals surface area (Å²) in [6.45, 7) is 0.778. The zero-order chi connectivity index (χ0) is 18.5. The molecule has 0 bridgehead atoms. The molecule has 1 aliphatic heterocycles. The van der Waals surface area contributed by atoms with Gasteiger partial charge in [0.15, 0.2) is 5.13 Å². The van der Waals surface area contributed by atoms with Crippen molar-refractivity contribution in [1.82, 2.24) is 9.97 Å². The first-order valence-corrected chi connectivity index (χ1v) is 10.6. The molecular formula is C22H14N4S2. The highest BCUT2D eigenvalue weighted by molar-refractivity contribution is 7.22. The number of benzene rings is 3. The molecule has 1 aliphatic rings. The van der Waals surface area contributed by atoms with Gasteiger partial charge in [-0.15, -0.1) is 0 Å². The molecule has 5 aromatic rings. The summed E-state index contributed by atoms with van der Waals surface area (Å²) in [4.78, 5) is 16.8. The van der Waals surface area contributed by atoms with Crippen molar-refractivity contribution in [2.24, 2.45) is 4.99 Å². The molecule has 0 aliphatic carbocycles. The maximum atomic E-state index is 4.98. The lowest BCUT2D eigenvalue weighted by Crippen LogP contribution is -2.23. The monoisotopic (exact) mass is 398 g/mol. The van der Waals surface area contributed by atoms with Gasteiger partial charge in [-0.05, 0) is 29.8 Å². The van der Waals surface area contributed by atoms with E-state index in [2.05, 4.69) is 53.4 Å². The number of anilines is 1. The van der Waals surface area contributed by atoms with Crippen molar-refractivity contribution in [2.75, 3.05) is 4.90 Å². The number of aromatic nitrogens is 2. The summed E-state index contributed by atoms with van der Waals surface area (Å²) in [5, 5.41) is 1.75. The lowest BCUT2D eigenvalue weighted by atomic mass is 10.1. The van der Waals surface area contributed by atoms with E-state index in [4.69, 9.17) is 15.0 Å². The van der Waals surface area contributed by atoms with Gasteiger partial charge in [-0.2, -0.15) is 0 Å². The van der Waals surface area contributed by atoms with Gasteiger partial charge >= 0.3 is 0 Å². The molecule has 28 heavy (non-hydrogen) atoms. The van der Waals surface area contributed by atoms with Crippen LogP contribution in [0.5, 0.6) is 0 Å². The van der Waals surface area contributed by atoms with Gasteiger partial charge in [-0.3, -0.25) is 4.90 Å². The Labute approximate surface area is 169 Å². The quantitative estimate of drug-likeness (QED) is 0.366. The van der Waals surface area contributed by atoms with Crippen LogP contribution in [0.1, 0.15) is 11.1 Å². The number of aliphatic imine (C=N–C) groups is 1. The number of hydrogen-bond acceptors (Lipinski definition) is 5. The fourth-order valence-corrected chi connectivity index (χ4v) is 5.32. The summed E-state index contributed by atoms with van der Waals surface area (Å²) >= 11 is 3.32. The molecule has 0 saturated carbocycles. The molecule has 6 heteroatoms. The fourth-order valence-electron chi connectivity index (χ4n) is 3.52. The topological polar surface area (TPSA) is 41.4 Å². The second kappa shape index (κ2) is 6.22. The molecule has 134 valence electrons. The summed E-state index contributed by atoms with van der Waals surface area (Å²) in [7, 11) is 0. The highest BCUT2D eigenvalue weighted by Crippen LogP contribution is 2.36. The van der Waals surface area contributed by atoms with Gasteiger partial charge in [0, 0.05) is 5.56 Å². The van der Waals surface area contributed by atoms with E-state index >= 15 is 0 Å². The number of nitrogens with zero attached hydrogens (tertiary/aromatic N) is 4. The zero-order valence-electron chi connectivity index (χ0n) is 14.7. The van der Waals surface area contributed by atoms with Crippen LogP contribution in [0.3, 0.4) is 0 Å². The number of hydrogen-bond donors (Lipinski definition) is 0. The molecule has 0 unspecified atom stereocenters. The van der Waals surface area contributed by atoms with E-state index in [1.54, 1.807) is 22.7 Å². The summed E-state index contributed by atoms with van der Waals surface area (Å²) in [6.07, 6.45) is 0. The summed E-state index contributed by atoms with van der Waals surface area (Å²) in [6, 6.07) is 24.9. The summed E-state index contributed by atoms with van der Waals surface area (Å²) < 4.78 is 2.34. The standard InChI is InChI=1S/C22H14N4S2/c1-2-8-15-14(7-1)13-26(22-24-17-10-4-6-12-19(17)28-22)20(15)25-21-23-16-9-3-5-11-18(16)27-21/h1-12H,13H2. The van der Waals surface area contributed by atoms with Crippen LogP contribution in [0.2, 0.25) is 0 Å². The van der Waals surface area contributed by atoms with Crippen LogP contribution in [0.15, 0.2) is 77.8 Å². The number of fused-ring (bicyclic) bond motifs is 3. The predicted molar refractivity (Wildman–Crippen MR) is 118 cm³/mol. The molecule has 0 atom stereocenters. The first-order chi connectivity index (χ1) is 13.8. The molecule has 6 rings (SSSR count). The van der Waals surface area contributed by atoms with Crippen LogP contribution >= 0.6 is 22.7 Å². The second-order valence-electron chi connectivity index (χ2n) is 6.61. The summed E-state index contributed by atoms with van der Waals surface area (Å²) in [5.41, 5.74) is 4.44. The third-order valence-electron chi connectivity index (χ3n) is 4.84. The Kier molecular flexibility index (Phi) is 3.54. The minimum atomic E-state index is 0.777. The van der Waals surface area contributed by atoms with Gasteiger partial charge in [0.2, 0.25) is 5.13 Å². The summed E-state index contributed by atoms with van der Waals surface area (Å²) in [5.74, 6) is 0.925. The Bertz CT molecular complexity index is 1300. The highest BCUT2D eigenvalue weighted by atomic mass is 32.1. The first-order valence-electron chi connectivity index (χ1n) is 9.01. The molecule has 0 spiro atoms. The first kappa shape index (κ1) is 15.9. The van der Waals surface area contributed by atoms with Gasteiger partial charge in [0.1, 0.15) is 5.84 Å². The highest BCUT2D eigenvalue weighted by Gasteiger charge is 2.29. The van der Waals surface area contributed by atoms with Crippen molar-refractivity contribution in [3.8, 4) is 0 Å². The van der Waals surface area contributed by atoms with Crippen molar-refractivity contribution in [2.45, 2.75) is 6.54 Å². The normalized spacial score (nSPS) is 15.0. The maximum Gasteiger partial charge on any atom is 0.212 e. The van der Waals surface area contributed by atoms with Crippen molar-refractivity contribution in [3.05, 3.63) is 83.9 Å². The van der Waals surface area contributed by atoms with Crippen molar-refractivity contribution >= 4 is 59.2 Å². The fraction of sp³-hybridized carbons (Fsp3) is 0.0455. The Morgan fingerprint density at radius 1 is 0.750 bits per heavy atom. The Balaban J connectivity index is 1.52. The van der Waals surface area contributed by atoms with Crippen LogP contribution in [0.25, 0.3) is 20.4 Å². The van der Waals surface area contributed by atoms with Crippen molar-refractivity contribution in [1.29, 1.82) is 0 Å². The third kappa shape index (κ3) is 2.53. The van der Waals surface area contributed by atoms with Crippen LogP contribution in [-0.2, 0) is 6.54 Å². The number of amidine groups is 1. The molecule has 0 amide bonds. The van der Waals surface area contributed by atoms with Gasteiger partial charge in [0.05, 0.1) is 27.0 Å². The average molecular weight is 399 g/mol. The number of rotatable bonds is 2. The molecule has 3 heterocycles. The smallest absolute Gasteiger partial charge is 0.212 e. The molecule has 3 aromatic carbocycles. The molecule has 0 radical (unpaired) electrons. The largest absolute Gasteiger partial charge is 0.297 e. The second-order valence-corrected chi connectivity index (χ2v) is 8.63. The lowest BCUT2D eigenvalue weighted by Gasteiger charge is -2.14. The van der Waals surface area contributed by atoms with Crippen LogP contribution in [-0.4, -0.2) is 15.8 Å². The number of para-hydroxylation sites is 2. The van der Waals surface area contributed by atoms with Gasteiger partial charge in [-0.1, -0.05) is 71.2 Å². The van der Waals surface area contributed by atoms with Crippen molar-refractivity contribution < 1.29 is 0 Å². The van der Waals surface area contributed by atoms with E-state index in [-0.39, 0.29) is 0 Å². The van der Waals surface area contributed by atoms with E-state index in [0.29, 0.717) is 0 Å². The van der Waals surface area contributed by atoms with Gasteiger partial charge in [0.25, 0.3) is 0 Å². The Morgan fingerprint density at radius 3 is 2.21 bits per heavy atom. The average Bonchev–Trinajstić information content (AvgIpc) is 3.42. The Hall–Kier alpha value is -3.09. The van der Waals surface area contributed by atoms with E-state index in [0.717, 1.165) is 43.9 Å². The molecular weight excluding hydrogens is 384 g/mol. The molecule has 0 fully saturated rings. The van der Waals surface area contributed by atoms with E-state index < -0.39 is 0 Å². The van der Waals surface area contributed by atoms with E-state index in [1.165, 1.54) is 10.3 Å². The molecule has 2 aromatic heterocycles. The number of thiazole rings is 2. The molecule has 0 N–H and O–H groups in total. The lowest BCUT2D eigenvalue weighted by molar-refractivity contribution is 1.04. The minimum Gasteiger partial charge on any atom is -0.297 e. The SMILES string of the molecule is c1ccc2c(c1)CN(c1nc3ccccc3s1)C2=Nc1nc2ccccc2s1. The van der Waals surface area contributed by atoms with Gasteiger partial charge < -0.3 is 0 Å². The third-order valence-corrected chi connectivity index (χ3v) is 6.83. The maximum absolute atomic E-state index is 4.98.